The van der Waals surface area contributed by atoms with E-state index in [-0.39, 0.29) is 5.91 Å². The molecular formula is C24H30ClN2O2+. The summed E-state index contributed by atoms with van der Waals surface area (Å²) in [6.07, 6.45) is 4.74. The van der Waals surface area contributed by atoms with E-state index in [1.807, 2.05) is 12.1 Å². The van der Waals surface area contributed by atoms with Crippen molar-refractivity contribution < 1.29 is 14.0 Å². The first-order chi connectivity index (χ1) is 14.0. The number of hydrogen-bond acceptors (Lipinski definition) is 2. The molecule has 1 saturated heterocycles. The lowest BCUT2D eigenvalue weighted by molar-refractivity contribution is -0.914. The van der Waals surface area contributed by atoms with Gasteiger partial charge in [0.25, 0.3) is 0 Å². The zero-order valence-corrected chi connectivity index (χ0v) is 17.9. The lowest BCUT2D eigenvalue weighted by atomic mass is 9.88. The quantitative estimate of drug-likeness (QED) is 0.533. The Bertz CT molecular complexity index is 861. The van der Waals surface area contributed by atoms with Crippen LogP contribution in [-0.4, -0.2) is 43.7 Å². The van der Waals surface area contributed by atoms with Crippen LogP contribution in [0.4, 0.5) is 5.69 Å². The minimum atomic E-state index is 0.0575. The van der Waals surface area contributed by atoms with E-state index in [1.54, 1.807) is 0 Å². The summed E-state index contributed by atoms with van der Waals surface area (Å²) in [6, 6.07) is 14.7. The Morgan fingerprint density at radius 1 is 1.14 bits per heavy atom. The van der Waals surface area contributed by atoms with Crippen LogP contribution < -0.4 is 10.1 Å². The summed E-state index contributed by atoms with van der Waals surface area (Å²) in [4.78, 5) is 11.6. The molecule has 154 valence electrons. The molecule has 0 atom stereocenters. The van der Waals surface area contributed by atoms with E-state index in [0.717, 1.165) is 35.1 Å². The molecule has 0 unspecified atom stereocenters. The highest BCUT2D eigenvalue weighted by Gasteiger charge is 2.30. The second-order valence-corrected chi connectivity index (χ2v) is 9.07. The fourth-order valence-electron chi connectivity index (χ4n) is 4.59. The smallest absolute Gasteiger partial charge is 0.224 e. The maximum atomic E-state index is 11.6. The second kappa shape index (κ2) is 8.76. The molecule has 5 heteroatoms. The Labute approximate surface area is 178 Å². The number of carbonyl (C=O) groups excluding carboxylic acids is 1. The van der Waals surface area contributed by atoms with E-state index < -0.39 is 0 Å². The molecule has 0 saturated carbocycles. The molecule has 1 amide bonds. The number of halogens is 1. The molecule has 1 N–H and O–H groups in total. The number of quaternary nitrogens is 1. The van der Waals surface area contributed by atoms with E-state index in [9.17, 15) is 4.79 Å². The van der Waals surface area contributed by atoms with Crippen molar-refractivity contribution in [3.05, 3.63) is 58.6 Å². The van der Waals surface area contributed by atoms with Gasteiger partial charge >= 0.3 is 0 Å². The molecule has 0 radical (unpaired) electrons. The summed E-state index contributed by atoms with van der Waals surface area (Å²) in [5.41, 5.74) is 3.40. The van der Waals surface area contributed by atoms with Crippen molar-refractivity contribution in [2.45, 2.75) is 38.0 Å². The van der Waals surface area contributed by atoms with Gasteiger partial charge in [0, 0.05) is 37.4 Å². The number of rotatable bonds is 6. The monoisotopic (exact) mass is 413 g/mol. The van der Waals surface area contributed by atoms with E-state index in [4.69, 9.17) is 16.3 Å². The van der Waals surface area contributed by atoms with Crippen LogP contribution in [-0.2, 0) is 11.2 Å². The summed E-state index contributed by atoms with van der Waals surface area (Å²) in [5.74, 6) is 1.42. The number of amides is 1. The van der Waals surface area contributed by atoms with Gasteiger partial charge in [-0.05, 0) is 29.5 Å². The zero-order valence-electron chi connectivity index (χ0n) is 17.1. The van der Waals surface area contributed by atoms with Crippen molar-refractivity contribution in [2.75, 3.05) is 38.6 Å². The second-order valence-electron chi connectivity index (χ2n) is 8.67. The van der Waals surface area contributed by atoms with Crippen molar-refractivity contribution in [1.82, 2.24) is 0 Å². The van der Waals surface area contributed by atoms with Gasteiger partial charge in [0.05, 0.1) is 38.3 Å². The van der Waals surface area contributed by atoms with Crippen LogP contribution in [0.5, 0.6) is 5.75 Å². The number of anilines is 1. The van der Waals surface area contributed by atoms with Gasteiger partial charge in [-0.3, -0.25) is 4.79 Å². The maximum absolute atomic E-state index is 11.6. The van der Waals surface area contributed by atoms with Crippen molar-refractivity contribution >= 4 is 23.2 Å². The molecular weight excluding hydrogens is 384 g/mol. The molecule has 29 heavy (non-hydrogen) atoms. The predicted octanol–water partition coefficient (Wildman–Crippen LogP) is 5.02. The zero-order chi connectivity index (χ0) is 20.3. The normalized spacial score (nSPS) is 23.9. The molecule has 4 nitrogen and oxygen atoms in total. The molecule has 0 spiro atoms. The third-order valence-electron chi connectivity index (χ3n) is 6.46. The molecule has 0 bridgehead atoms. The van der Waals surface area contributed by atoms with Crippen molar-refractivity contribution in [3.8, 4) is 5.75 Å². The number of nitrogens with zero attached hydrogens (tertiary/aromatic N) is 1. The molecule has 2 aliphatic heterocycles. The Hall–Kier alpha value is -2.04. The average Bonchev–Trinajstić information content (AvgIpc) is 2.73. The summed E-state index contributed by atoms with van der Waals surface area (Å²) < 4.78 is 7.08. The van der Waals surface area contributed by atoms with Crippen LogP contribution in [0.3, 0.4) is 0 Å². The third kappa shape index (κ3) is 4.93. The third-order valence-corrected chi connectivity index (χ3v) is 6.75. The number of nitrogens with one attached hydrogen (secondary N) is 1. The van der Waals surface area contributed by atoms with E-state index in [1.165, 1.54) is 31.5 Å². The molecule has 2 aromatic carbocycles. The number of ether oxygens (including phenoxy) is 1. The molecule has 2 aromatic rings. The number of hydrogen-bond donors (Lipinski definition) is 1. The minimum Gasteiger partial charge on any atom is -0.492 e. The van der Waals surface area contributed by atoms with Gasteiger partial charge in [-0.25, -0.2) is 0 Å². The number of fused-ring (bicyclic) bond motifs is 1. The van der Waals surface area contributed by atoms with E-state index in [0.29, 0.717) is 29.7 Å². The van der Waals surface area contributed by atoms with Gasteiger partial charge < -0.3 is 14.5 Å². The Kier molecular flexibility index (Phi) is 6.12. The lowest BCUT2D eigenvalue weighted by Crippen LogP contribution is -2.50. The standard InChI is InChI=1S/C24H29ClN2O2/c1-27(13-10-19(11-14-27)18-6-3-2-4-7-18)12-5-15-29-23-17-22-20(16-21(23)25)8-9-24(28)26-22/h2-4,6-7,16-17,19H,5,8-15H2,1H3/p+1. The largest absolute Gasteiger partial charge is 0.492 e. The van der Waals surface area contributed by atoms with Crippen LogP contribution in [0.2, 0.25) is 5.02 Å². The molecule has 1 fully saturated rings. The molecule has 0 aliphatic carbocycles. The number of piperidine rings is 1. The van der Waals surface area contributed by atoms with Gasteiger partial charge in [-0.1, -0.05) is 41.9 Å². The van der Waals surface area contributed by atoms with Crippen molar-refractivity contribution in [2.24, 2.45) is 0 Å². The Morgan fingerprint density at radius 2 is 1.90 bits per heavy atom. The van der Waals surface area contributed by atoms with Crippen LogP contribution in [0.25, 0.3) is 0 Å². The fourth-order valence-corrected chi connectivity index (χ4v) is 4.83. The predicted molar refractivity (Wildman–Crippen MR) is 118 cm³/mol. The first-order valence-electron chi connectivity index (χ1n) is 10.7. The molecule has 4 rings (SSSR count). The van der Waals surface area contributed by atoms with Crippen LogP contribution in [0.15, 0.2) is 42.5 Å². The number of likely N-dealkylation sites (tertiary alicyclic amines) is 1. The van der Waals surface area contributed by atoms with Crippen LogP contribution >= 0.6 is 11.6 Å². The van der Waals surface area contributed by atoms with Crippen LogP contribution in [0, 0.1) is 0 Å². The fraction of sp³-hybridized carbons (Fsp3) is 0.458. The van der Waals surface area contributed by atoms with Gasteiger partial charge in [0.15, 0.2) is 0 Å². The Morgan fingerprint density at radius 3 is 2.66 bits per heavy atom. The van der Waals surface area contributed by atoms with Gasteiger partial charge in [-0.15, -0.1) is 0 Å². The average molecular weight is 414 g/mol. The van der Waals surface area contributed by atoms with Gasteiger partial charge in [0.1, 0.15) is 5.75 Å². The SMILES string of the molecule is C[N+]1(CCCOc2cc3c(cc2Cl)CCC(=O)N3)CCC(c2ccccc2)CC1. The number of aryl methyl sites for hydroxylation is 1. The first-order valence-corrected chi connectivity index (χ1v) is 11.0. The van der Waals surface area contributed by atoms with E-state index >= 15 is 0 Å². The lowest BCUT2D eigenvalue weighted by Gasteiger charge is -2.40. The topological polar surface area (TPSA) is 38.3 Å². The minimum absolute atomic E-state index is 0.0575. The maximum Gasteiger partial charge on any atom is 0.224 e. The summed E-state index contributed by atoms with van der Waals surface area (Å²) in [5, 5.41) is 3.54. The highest BCUT2D eigenvalue weighted by atomic mass is 35.5. The summed E-state index contributed by atoms with van der Waals surface area (Å²) in [6.45, 7) is 4.18. The molecule has 2 heterocycles. The molecule has 2 aliphatic rings. The first kappa shape index (κ1) is 20.2. The highest BCUT2D eigenvalue weighted by molar-refractivity contribution is 6.32. The van der Waals surface area contributed by atoms with Crippen LogP contribution in [0.1, 0.15) is 42.7 Å². The summed E-state index contributed by atoms with van der Waals surface area (Å²) >= 11 is 6.39. The van der Waals surface area contributed by atoms with Crippen molar-refractivity contribution in [3.63, 3.8) is 0 Å². The van der Waals surface area contributed by atoms with Crippen molar-refractivity contribution in [1.29, 1.82) is 0 Å². The number of benzene rings is 2. The number of carbonyl (C=O) groups is 1. The van der Waals surface area contributed by atoms with Gasteiger partial charge in [0.2, 0.25) is 5.91 Å². The summed E-state index contributed by atoms with van der Waals surface area (Å²) in [7, 11) is 2.36. The van der Waals surface area contributed by atoms with Gasteiger partial charge in [-0.2, -0.15) is 0 Å². The molecule has 0 aromatic heterocycles. The highest BCUT2D eigenvalue weighted by Crippen LogP contribution is 2.34. The van der Waals surface area contributed by atoms with E-state index in [2.05, 4.69) is 42.7 Å². The Balaban J connectivity index is 1.26.